The lowest BCUT2D eigenvalue weighted by atomic mass is 10.0. The molecule has 0 saturated heterocycles. The molecule has 0 aliphatic rings. The zero-order chi connectivity index (χ0) is 15.0. The molecule has 0 amide bonds. The van der Waals surface area contributed by atoms with E-state index in [0.29, 0.717) is 0 Å². The van der Waals surface area contributed by atoms with E-state index in [1.807, 2.05) is 18.4 Å². The minimum atomic E-state index is 0.0934. The van der Waals surface area contributed by atoms with Crippen LogP contribution in [-0.4, -0.2) is 25.9 Å². The summed E-state index contributed by atoms with van der Waals surface area (Å²) < 4.78 is 0. The van der Waals surface area contributed by atoms with Crippen LogP contribution < -0.4 is 0 Å². The summed E-state index contributed by atoms with van der Waals surface area (Å²) in [4.78, 5) is 19.8. The average molecular weight is 300 g/mol. The van der Waals surface area contributed by atoms with Gasteiger partial charge in [0, 0.05) is 22.8 Å². The topological polar surface area (TPSA) is 74.4 Å². The number of rotatable bonds is 4. The third kappa shape index (κ3) is 2.31. The van der Waals surface area contributed by atoms with Crippen molar-refractivity contribution in [2.45, 2.75) is 27.2 Å². The molecule has 0 unspecified atom stereocenters. The number of carbonyl (C=O) groups is 1. The molecule has 3 aromatic rings. The summed E-state index contributed by atoms with van der Waals surface area (Å²) in [5.74, 6) is 0.0934. The summed E-state index contributed by atoms with van der Waals surface area (Å²) in [7, 11) is 0. The quantitative estimate of drug-likeness (QED) is 0.723. The van der Waals surface area contributed by atoms with Gasteiger partial charge in [-0.05, 0) is 31.9 Å². The minimum Gasteiger partial charge on any atom is -0.356 e. The molecule has 5 nitrogen and oxygen atoms in total. The number of nitrogens with zero attached hydrogens (tertiary/aromatic N) is 2. The molecule has 0 bridgehead atoms. The number of Topliss-reactive ketones (excluding diaryl/α,β-unsaturated/α-hetero) is 1. The van der Waals surface area contributed by atoms with E-state index >= 15 is 0 Å². The van der Waals surface area contributed by atoms with Gasteiger partial charge in [0.15, 0.2) is 5.78 Å². The first-order valence-electron chi connectivity index (χ1n) is 6.79. The molecule has 0 saturated carbocycles. The van der Waals surface area contributed by atoms with Crippen LogP contribution in [-0.2, 0) is 6.42 Å². The number of hydrogen-bond donors (Lipinski definition) is 2. The molecule has 2 N–H and O–H groups in total. The van der Waals surface area contributed by atoms with Crippen LogP contribution in [0.15, 0.2) is 17.6 Å². The number of aryl methyl sites for hydroxylation is 1. The van der Waals surface area contributed by atoms with Gasteiger partial charge in [-0.1, -0.05) is 6.92 Å². The van der Waals surface area contributed by atoms with Gasteiger partial charge in [0.25, 0.3) is 0 Å². The van der Waals surface area contributed by atoms with E-state index in [-0.39, 0.29) is 5.78 Å². The predicted octanol–water partition coefficient (Wildman–Crippen LogP) is 3.60. The highest BCUT2D eigenvalue weighted by Crippen LogP contribution is 2.32. The van der Waals surface area contributed by atoms with E-state index in [4.69, 9.17) is 0 Å². The molecule has 3 aromatic heterocycles. The molecule has 0 aliphatic heterocycles. The summed E-state index contributed by atoms with van der Waals surface area (Å²) in [5.41, 5.74) is 5.47. The van der Waals surface area contributed by atoms with Crippen molar-refractivity contribution in [2.24, 2.45) is 0 Å². The fraction of sp³-hybridized carbons (Fsp3) is 0.267. The summed E-state index contributed by atoms with van der Waals surface area (Å²) in [5, 5.41) is 9.75. The van der Waals surface area contributed by atoms with Gasteiger partial charge in [-0.3, -0.25) is 9.89 Å². The third-order valence-electron chi connectivity index (χ3n) is 3.49. The van der Waals surface area contributed by atoms with Crippen LogP contribution in [0.4, 0.5) is 0 Å². The largest absolute Gasteiger partial charge is 0.356 e. The van der Waals surface area contributed by atoms with Crippen molar-refractivity contribution in [2.75, 3.05) is 0 Å². The number of hydrogen-bond acceptors (Lipinski definition) is 4. The second-order valence-electron chi connectivity index (χ2n) is 4.90. The van der Waals surface area contributed by atoms with Gasteiger partial charge in [0.05, 0.1) is 17.1 Å². The summed E-state index contributed by atoms with van der Waals surface area (Å²) in [6, 6.07) is 1.89. The maximum atomic E-state index is 11.8. The lowest BCUT2D eigenvalue weighted by Gasteiger charge is -2.00. The molecule has 0 spiro atoms. The molecule has 0 aromatic carbocycles. The number of aromatic nitrogens is 4. The first-order chi connectivity index (χ1) is 10.1. The van der Waals surface area contributed by atoms with E-state index < -0.39 is 0 Å². The molecule has 6 heteroatoms. The highest BCUT2D eigenvalue weighted by molar-refractivity contribution is 7.13. The normalized spacial score (nSPS) is 11.0. The Hall–Kier alpha value is -2.21. The van der Waals surface area contributed by atoms with Crippen molar-refractivity contribution in [1.29, 1.82) is 0 Å². The lowest BCUT2D eigenvalue weighted by molar-refractivity contribution is 0.101. The van der Waals surface area contributed by atoms with E-state index in [2.05, 4.69) is 27.1 Å². The maximum absolute atomic E-state index is 11.8. The smallest absolute Gasteiger partial charge is 0.161 e. The molecule has 3 heterocycles. The second kappa shape index (κ2) is 5.29. The van der Waals surface area contributed by atoms with Crippen molar-refractivity contribution < 1.29 is 4.79 Å². The molecule has 0 radical (unpaired) electrons. The number of aromatic amines is 2. The molecule has 21 heavy (non-hydrogen) atoms. The van der Waals surface area contributed by atoms with Gasteiger partial charge in [-0.2, -0.15) is 5.10 Å². The van der Waals surface area contributed by atoms with Crippen LogP contribution >= 0.6 is 11.3 Å². The molecular weight excluding hydrogens is 284 g/mol. The second-order valence-corrected chi connectivity index (χ2v) is 5.75. The first kappa shape index (κ1) is 13.8. The van der Waals surface area contributed by atoms with Crippen LogP contribution in [0, 0.1) is 6.92 Å². The molecule has 3 rings (SSSR count). The molecular formula is C15H16N4OS. The standard InChI is InChI=1S/C15H16N4OS/c1-4-10-13(9(3)20)8(2)17-14(10)12-7-21-15(18-12)11-5-6-16-19-11/h5-7,17H,4H2,1-3H3,(H,16,19). The van der Waals surface area contributed by atoms with Gasteiger partial charge in [-0.25, -0.2) is 4.98 Å². The zero-order valence-corrected chi connectivity index (χ0v) is 13.0. The zero-order valence-electron chi connectivity index (χ0n) is 12.2. The van der Waals surface area contributed by atoms with Crippen molar-refractivity contribution in [3.8, 4) is 22.1 Å². The first-order valence-corrected chi connectivity index (χ1v) is 7.67. The van der Waals surface area contributed by atoms with Crippen LogP contribution in [0.3, 0.4) is 0 Å². The maximum Gasteiger partial charge on any atom is 0.161 e. The van der Waals surface area contributed by atoms with E-state index in [9.17, 15) is 4.79 Å². The predicted molar refractivity (Wildman–Crippen MR) is 83.6 cm³/mol. The molecule has 0 fully saturated rings. The Kier molecular flexibility index (Phi) is 3.47. The number of carbonyl (C=O) groups excluding carboxylic acids is 1. The summed E-state index contributed by atoms with van der Waals surface area (Å²) in [6.45, 7) is 5.60. The van der Waals surface area contributed by atoms with E-state index in [1.165, 1.54) is 0 Å². The Morgan fingerprint density at radius 1 is 1.43 bits per heavy atom. The fourth-order valence-corrected chi connectivity index (χ4v) is 3.40. The lowest BCUT2D eigenvalue weighted by Crippen LogP contribution is -1.97. The number of ketones is 1. The van der Waals surface area contributed by atoms with Crippen molar-refractivity contribution in [3.05, 3.63) is 34.5 Å². The number of H-pyrrole nitrogens is 2. The Bertz CT molecular complexity index is 783. The Balaban J connectivity index is 2.09. The molecule has 0 aliphatic carbocycles. The van der Waals surface area contributed by atoms with Crippen molar-refractivity contribution >= 4 is 17.1 Å². The third-order valence-corrected chi connectivity index (χ3v) is 4.36. The summed E-state index contributed by atoms with van der Waals surface area (Å²) >= 11 is 1.56. The number of nitrogens with one attached hydrogen (secondary N) is 2. The van der Waals surface area contributed by atoms with Crippen molar-refractivity contribution in [3.63, 3.8) is 0 Å². The fourth-order valence-electron chi connectivity index (χ4n) is 2.61. The Morgan fingerprint density at radius 3 is 2.86 bits per heavy atom. The Morgan fingerprint density at radius 2 is 2.24 bits per heavy atom. The highest BCUT2D eigenvalue weighted by atomic mass is 32.1. The van der Waals surface area contributed by atoms with Gasteiger partial charge in [0.2, 0.25) is 0 Å². The van der Waals surface area contributed by atoms with Crippen LogP contribution in [0.2, 0.25) is 0 Å². The van der Waals surface area contributed by atoms with Crippen LogP contribution in [0.25, 0.3) is 22.1 Å². The van der Waals surface area contributed by atoms with Gasteiger partial charge in [-0.15, -0.1) is 11.3 Å². The Labute approximate surface area is 126 Å². The summed E-state index contributed by atoms with van der Waals surface area (Å²) in [6.07, 6.45) is 2.51. The SMILES string of the molecule is CCc1c(-c2csc(-c3ccn[nH]3)n2)[nH]c(C)c1C(C)=O. The van der Waals surface area contributed by atoms with E-state index in [1.54, 1.807) is 24.5 Å². The minimum absolute atomic E-state index is 0.0934. The number of thiazole rings is 1. The monoisotopic (exact) mass is 300 g/mol. The van der Waals surface area contributed by atoms with Gasteiger partial charge in [0.1, 0.15) is 5.01 Å². The van der Waals surface area contributed by atoms with Crippen molar-refractivity contribution in [1.82, 2.24) is 20.2 Å². The highest BCUT2D eigenvalue weighted by Gasteiger charge is 2.20. The molecule has 0 atom stereocenters. The van der Waals surface area contributed by atoms with Gasteiger partial charge < -0.3 is 4.98 Å². The van der Waals surface area contributed by atoms with Gasteiger partial charge >= 0.3 is 0 Å². The average Bonchev–Trinajstić information content (AvgIpc) is 3.16. The van der Waals surface area contributed by atoms with E-state index in [0.717, 1.165) is 45.3 Å². The van der Waals surface area contributed by atoms with Crippen LogP contribution in [0.5, 0.6) is 0 Å². The molecule has 108 valence electrons. The van der Waals surface area contributed by atoms with Crippen LogP contribution in [0.1, 0.15) is 35.5 Å².